The molecule has 0 aliphatic carbocycles. The number of hydrogen-bond donors (Lipinski definition) is 1. The Balaban J connectivity index is 1.40. The zero-order valence-electron chi connectivity index (χ0n) is 21.0. The Morgan fingerprint density at radius 3 is 2.27 bits per heavy atom. The van der Waals surface area contributed by atoms with Crippen LogP contribution in [0.25, 0.3) is 5.69 Å². The Labute approximate surface area is 215 Å². The van der Waals surface area contributed by atoms with Crippen LogP contribution in [0.4, 0.5) is 11.4 Å². The van der Waals surface area contributed by atoms with Gasteiger partial charge in [-0.3, -0.25) is 19.3 Å². The number of ether oxygens (including phenoxy) is 1. The number of methoxy groups -OCH3 is 1. The molecule has 0 bridgehead atoms. The van der Waals surface area contributed by atoms with Crippen LogP contribution in [-0.2, 0) is 11.2 Å². The highest BCUT2D eigenvalue weighted by molar-refractivity contribution is 6.09. The summed E-state index contributed by atoms with van der Waals surface area (Å²) in [5.41, 5.74) is 8.63. The Bertz CT molecular complexity index is 1330. The molecule has 37 heavy (non-hydrogen) atoms. The third-order valence-corrected chi connectivity index (χ3v) is 7.05. The summed E-state index contributed by atoms with van der Waals surface area (Å²) in [5.74, 6) is -0.244. The van der Waals surface area contributed by atoms with Gasteiger partial charge in [-0.15, -0.1) is 0 Å². The van der Waals surface area contributed by atoms with E-state index in [1.165, 1.54) is 4.68 Å². The topological polar surface area (TPSA) is 114 Å². The molecule has 192 valence electrons. The van der Waals surface area contributed by atoms with Crippen LogP contribution in [0.1, 0.15) is 39.4 Å². The number of hydrogen-bond acceptors (Lipinski definition) is 6. The van der Waals surface area contributed by atoms with Gasteiger partial charge >= 0.3 is 0 Å². The van der Waals surface area contributed by atoms with E-state index in [-0.39, 0.29) is 17.5 Å². The smallest absolute Gasteiger partial charge is 0.277 e. The van der Waals surface area contributed by atoms with Gasteiger partial charge in [-0.1, -0.05) is 0 Å². The van der Waals surface area contributed by atoms with E-state index in [0.29, 0.717) is 47.9 Å². The SMILES string of the molecule is COc1ccc(-n2nc(C(N)=O)c3c2C(=O)N(c2ccc(N(C)C(=O)CN4CCCC4)cc2)CC3)cc1. The standard InChI is InChI=1S/C27H30N6O4/c1-30(23(34)17-31-14-3-4-15-31)18-5-7-19(8-6-18)32-16-13-22-24(26(28)35)29-33(25(22)27(32)36)20-9-11-21(37-2)12-10-20/h5-12H,3-4,13-17H2,1-2H3,(H2,28,35). The van der Waals surface area contributed by atoms with Crippen LogP contribution in [0, 0.1) is 0 Å². The number of carbonyl (C=O) groups is 3. The number of nitrogens with zero attached hydrogens (tertiary/aromatic N) is 5. The zero-order valence-corrected chi connectivity index (χ0v) is 21.0. The summed E-state index contributed by atoms with van der Waals surface area (Å²) >= 11 is 0. The van der Waals surface area contributed by atoms with Crippen LogP contribution in [-0.4, -0.2) is 72.7 Å². The number of anilines is 2. The summed E-state index contributed by atoms with van der Waals surface area (Å²) < 4.78 is 6.70. The van der Waals surface area contributed by atoms with Crippen molar-refractivity contribution in [1.82, 2.24) is 14.7 Å². The normalized spacial score (nSPS) is 15.5. The molecule has 3 amide bonds. The van der Waals surface area contributed by atoms with Crippen LogP contribution in [0.5, 0.6) is 5.75 Å². The molecule has 0 saturated carbocycles. The minimum absolute atomic E-state index is 0.0377. The predicted octanol–water partition coefficient (Wildman–Crippen LogP) is 2.24. The minimum atomic E-state index is -0.671. The number of amides is 3. The molecule has 5 rings (SSSR count). The first-order valence-corrected chi connectivity index (χ1v) is 12.3. The van der Waals surface area contributed by atoms with E-state index in [0.717, 1.165) is 31.6 Å². The molecular formula is C27H30N6O4. The molecule has 3 heterocycles. The summed E-state index contributed by atoms with van der Waals surface area (Å²) in [6, 6.07) is 14.4. The second-order valence-corrected chi connectivity index (χ2v) is 9.31. The Morgan fingerprint density at radius 1 is 1.00 bits per heavy atom. The molecule has 2 N–H and O–H groups in total. The van der Waals surface area contributed by atoms with E-state index in [2.05, 4.69) is 10.00 Å². The quantitative estimate of drug-likeness (QED) is 0.530. The van der Waals surface area contributed by atoms with Crippen LogP contribution < -0.4 is 20.3 Å². The molecule has 0 atom stereocenters. The summed E-state index contributed by atoms with van der Waals surface area (Å²) in [4.78, 5) is 44.0. The first kappa shape index (κ1) is 24.5. The molecule has 10 heteroatoms. The van der Waals surface area contributed by atoms with Crippen LogP contribution in [0.15, 0.2) is 48.5 Å². The molecule has 0 unspecified atom stereocenters. The number of rotatable bonds is 7. The van der Waals surface area contributed by atoms with Gasteiger partial charge in [0, 0.05) is 30.5 Å². The van der Waals surface area contributed by atoms with Gasteiger partial charge in [-0.2, -0.15) is 5.10 Å². The maximum absolute atomic E-state index is 13.7. The highest BCUT2D eigenvalue weighted by atomic mass is 16.5. The number of primary amides is 1. The minimum Gasteiger partial charge on any atom is -0.497 e. The molecule has 1 fully saturated rings. The van der Waals surface area contributed by atoms with Crippen molar-refractivity contribution in [2.45, 2.75) is 19.3 Å². The fourth-order valence-corrected chi connectivity index (χ4v) is 4.95. The van der Waals surface area contributed by atoms with Crippen molar-refractivity contribution in [1.29, 1.82) is 0 Å². The van der Waals surface area contributed by atoms with Crippen molar-refractivity contribution in [3.63, 3.8) is 0 Å². The van der Waals surface area contributed by atoms with E-state index in [4.69, 9.17) is 10.5 Å². The lowest BCUT2D eigenvalue weighted by Gasteiger charge is -2.28. The molecule has 1 saturated heterocycles. The second-order valence-electron chi connectivity index (χ2n) is 9.31. The Kier molecular flexibility index (Phi) is 6.66. The maximum Gasteiger partial charge on any atom is 0.277 e. The van der Waals surface area contributed by atoms with Gasteiger partial charge < -0.3 is 20.3 Å². The van der Waals surface area contributed by atoms with Gasteiger partial charge in [-0.05, 0) is 80.9 Å². The number of nitrogens with two attached hydrogens (primary N) is 1. The van der Waals surface area contributed by atoms with E-state index in [1.54, 1.807) is 48.2 Å². The summed E-state index contributed by atoms with van der Waals surface area (Å²) in [6.45, 7) is 2.71. The Morgan fingerprint density at radius 2 is 1.65 bits per heavy atom. The number of likely N-dealkylation sites (tertiary alicyclic amines) is 1. The number of benzene rings is 2. The lowest BCUT2D eigenvalue weighted by molar-refractivity contribution is -0.119. The molecule has 1 aromatic heterocycles. The largest absolute Gasteiger partial charge is 0.497 e. The van der Waals surface area contributed by atoms with Crippen LogP contribution in [0.2, 0.25) is 0 Å². The first-order valence-electron chi connectivity index (χ1n) is 12.3. The highest BCUT2D eigenvalue weighted by Gasteiger charge is 2.34. The van der Waals surface area contributed by atoms with Crippen molar-refractivity contribution in [2.24, 2.45) is 5.73 Å². The molecule has 0 spiro atoms. The maximum atomic E-state index is 13.7. The van der Waals surface area contributed by atoms with E-state index in [9.17, 15) is 14.4 Å². The fraction of sp³-hybridized carbons (Fsp3) is 0.333. The van der Waals surface area contributed by atoms with Crippen molar-refractivity contribution in [3.8, 4) is 11.4 Å². The number of carbonyl (C=O) groups excluding carboxylic acids is 3. The van der Waals surface area contributed by atoms with Crippen molar-refractivity contribution in [3.05, 3.63) is 65.5 Å². The third kappa shape index (κ3) is 4.67. The lowest BCUT2D eigenvalue weighted by atomic mass is 10.0. The molecular weight excluding hydrogens is 472 g/mol. The van der Waals surface area contributed by atoms with E-state index in [1.807, 2.05) is 24.3 Å². The number of fused-ring (bicyclic) bond motifs is 1. The second kappa shape index (κ2) is 10.1. The molecule has 0 radical (unpaired) electrons. The number of aromatic nitrogens is 2. The zero-order chi connectivity index (χ0) is 26.1. The molecule has 10 nitrogen and oxygen atoms in total. The van der Waals surface area contributed by atoms with Crippen LogP contribution >= 0.6 is 0 Å². The molecule has 3 aromatic rings. The number of likely N-dealkylation sites (N-methyl/N-ethyl adjacent to an activating group) is 1. The predicted molar refractivity (Wildman–Crippen MR) is 140 cm³/mol. The van der Waals surface area contributed by atoms with Crippen molar-refractivity contribution < 1.29 is 19.1 Å². The van der Waals surface area contributed by atoms with Gasteiger partial charge in [-0.25, -0.2) is 4.68 Å². The molecule has 2 aliphatic rings. The van der Waals surface area contributed by atoms with E-state index < -0.39 is 5.91 Å². The van der Waals surface area contributed by atoms with Gasteiger partial charge in [0.15, 0.2) is 5.69 Å². The summed E-state index contributed by atoms with van der Waals surface area (Å²) in [5, 5.41) is 4.40. The lowest BCUT2D eigenvalue weighted by Crippen LogP contribution is -2.39. The van der Waals surface area contributed by atoms with E-state index >= 15 is 0 Å². The molecule has 2 aromatic carbocycles. The van der Waals surface area contributed by atoms with Gasteiger partial charge in [0.2, 0.25) is 5.91 Å². The summed E-state index contributed by atoms with van der Waals surface area (Å²) in [6.07, 6.45) is 2.70. The van der Waals surface area contributed by atoms with Crippen LogP contribution in [0.3, 0.4) is 0 Å². The van der Waals surface area contributed by atoms with Gasteiger partial charge in [0.05, 0.1) is 19.3 Å². The highest BCUT2D eigenvalue weighted by Crippen LogP contribution is 2.30. The van der Waals surface area contributed by atoms with Gasteiger partial charge in [0.1, 0.15) is 11.4 Å². The average Bonchev–Trinajstić information content (AvgIpc) is 3.57. The monoisotopic (exact) mass is 502 g/mol. The van der Waals surface area contributed by atoms with Gasteiger partial charge in [0.25, 0.3) is 11.8 Å². The van der Waals surface area contributed by atoms with Crippen molar-refractivity contribution >= 4 is 29.1 Å². The average molecular weight is 503 g/mol. The fourth-order valence-electron chi connectivity index (χ4n) is 4.95. The van der Waals surface area contributed by atoms with Crippen molar-refractivity contribution in [2.75, 3.05) is 50.1 Å². The summed E-state index contributed by atoms with van der Waals surface area (Å²) in [7, 11) is 3.34. The molecule has 2 aliphatic heterocycles. The first-order chi connectivity index (χ1) is 17.9. The third-order valence-electron chi connectivity index (χ3n) is 7.05. The Hall–Kier alpha value is -4.18.